The Hall–Kier alpha value is -2.97. The summed E-state index contributed by atoms with van der Waals surface area (Å²) in [5, 5.41) is 3.09. The van der Waals surface area contributed by atoms with E-state index in [-0.39, 0.29) is 6.61 Å². The molecular formula is C20H19N5O2S. The Balaban J connectivity index is 1.36. The minimum Gasteiger partial charge on any atom is -0.455 e. The van der Waals surface area contributed by atoms with Crippen molar-refractivity contribution in [2.24, 2.45) is 0 Å². The standard InChI is InChI=1S/C20H19N5O2S/c1-2-4-14(5-3-1)16-12-21-17(22-16)13-27-20-23-18(25-7-9-26-10-8-25)15-6-11-28-19(15)24-20/h1-6,11-12H,7-10,13H2,(H,21,22). The first-order chi connectivity index (χ1) is 13.9. The fraction of sp³-hybridized carbons (Fsp3) is 0.250. The van der Waals surface area contributed by atoms with Gasteiger partial charge in [0.1, 0.15) is 23.1 Å². The number of rotatable bonds is 5. The van der Waals surface area contributed by atoms with Crippen LogP contribution in [-0.2, 0) is 11.3 Å². The Kier molecular flexibility index (Phi) is 4.64. The third kappa shape index (κ3) is 3.44. The zero-order valence-corrected chi connectivity index (χ0v) is 16.0. The zero-order valence-electron chi connectivity index (χ0n) is 15.2. The molecule has 5 rings (SSSR count). The molecule has 0 bridgehead atoms. The van der Waals surface area contributed by atoms with Gasteiger partial charge in [-0.1, -0.05) is 30.3 Å². The number of H-pyrrole nitrogens is 1. The largest absolute Gasteiger partial charge is 0.455 e. The Morgan fingerprint density at radius 1 is 1.11 bits per heavy atom. The lowest BCUT2D eigenvalue weighted by Crippen LogP contribution is -2.36. The highest BCUT2D eigenvalue weighted by Gasteiger charge is 2.18. The Bertz CT molecular complexity index is 1070. The van der Waals surface area contributed by atoms with Gasteiger partial charge in [0.25, 0.3) is 0 Å². The Labute approximate surface area is 166 Å². The molecule has 0 saturated carbocycles. The van der Waals surface area contributed by atoms with Crippen molar-refractivity contribution in [1.29, 1.82) is 0 Å². The first-order valence-electron chi connectivity index (χ1n) is 9.17. The van der Waals surface area contributed by atoms with Gasteiger partial charge in [-0.25, -0.2) is 4.98 Å². The van der Waals surface area contributed by atoms with Gasteiger partial charge in [-0.05, 0) is 17.0 Å². The van der Waals surface area contributed by atoms with Crippen LogP contribution in [0.5, 0.6) is 6.01 Å². The van der Waals surface area contributed by atoms with E-state index >= 15 is 0 Å². The molecule has 4 aromatic rings. The SMILES string of the molecule is c1ccc(-c2cnc(COc3nc(N4CCOCC4)c4ccsc4n3)[nH]2)cc1. The van der Waals surface area contributed by atoms with Gasteiger partial charge < -0.3 is 19.4 Å². The van der Waals surface area contributed by atoms with Gasteiger partial charge in [0.2, 0.25) is 0 Å². The molecular weight excluding hydrogens is 374 g/mol. The van der Waals surface area contributed by atoms with Crippen molar-refractivity contribution in [3.63, 3.8) is 0 Å². The van der Waals surface area contributed by atoms with Crippen LogP contribution in [0.15, 0.2) is 48.0 Å². The van der Waals surface area contributed by atoms with Crippen molar-refractivity contribution in [2.45, 2.75) is 6.61 Å². The average molecular weight is 393 g/mol. The molecule has 1 aliphatic heterocycles. The van der Waals surface area contributed by atoms with Crippen molar-refractivity contribution in [2.75, 3.05) is 31.2 Å². The number of aromatic nitrogens is 4. The fourth-order valence-corrected chi connectivity index (χ4v) is 3.98. The maximum atomic E-state index is 5.88. The van der Waals surface area contributed by atoms with Gasteiger partial charge >= 0.3 is 6.01 Å². The summed E-state index contributed by atoms with van der Waals surface area (Å²) in [6.07, 6.45) is 1.82. The fourth-order valence-electron chi connectivity index (χ4n) is 3.23. The smallest absolute Gasteiger partial charge is 0.320 e. The molecule has 1 fully saturated rings. The van der Waals surface area contributed by atoms with Crippen LogP contribution in [0, 0.1) is 0 Å². The summed E-state index contributed by atoms with van der Waals surface area (Å²) in [6.45, 7) is 3.34. The van der Waals surface area contributed by atoms with Crippen LogP contribution >= 0.6 is 11.3 Å². The van der Waals surface area contributed by atoms with Crippen LogP contribution in [0.3, 0.4) is 0 Å². The predicted molar refractivity (Wildman–Crippen MR) is 109 cm³/mol. The van der Waals surface area contributed by atoms with Crippen molar-refractivity contribution in [3.05, 3.63) is 53.8 Å². The van der Waals surface area contributed by atoms with Crippen LogP contribution in [0.25, 0.3) is 21.5 Å². The number of fused-ring (bicyclic) bond motifs is 1. The third-order valence-corrected chi connectivity index (χ3v) is 5.45. The maximum absolute atomic E-state index is 5.88. The molecule has 0 amide bonds. The first-order valence-corrected chi connectivity index (χ1v) is 10.0. The highest BCUT2D eigenvalue weighted by Crippen LogP contribution is 2.30. The van der Waals surface area contributed by atoms with Crippen LogP contribution < -0.4 is 9.64 Å². The lowest BCUT2D eigenvalue weighted by Gasteiger charge is -2.28. The Morgan fingerprint density at radius 2 is 1.96 bits per heavy atom. The second-order valence-electron chi connectivity index (χ2n) is 6.47. The van der Waals surface area contributed by atoms with Crippen LogP contribution in [0.2, 0.25) is 0 Å². The molecule has 4 heterocycles. The molecule has 7 nitrogen and oxygen atoms in total. The van der Waals surface area contributed by atoms with Gasteiger partial charge in [-0.2, -0.15) is 9.97 Å². The number of imidazole rings is 1. The number of hydrogen-bond acceptors (Lipinski definition) is 7. The van der Waals surface area contributed by atoms with Crippen molar-refractivity contribution in [3.8, 4) is 17.3 Å². The molecule has 142 valence electrons. The topological polar surface area (TPSA) is 76.2 Å². The minimum atomic E-state index is 0.284. The van der Waals surface area contributed by atoms with E-state index in [4.69, 9.17) is 9.47 Å². The van der Waals surface area contributed by atoms with E-state index in [1.165, 1.54) is 0 Å². The lowest BCUT2D eigenvalue weighted by molar-refractivity contribution is 0.122. The van der Waals surface area contributed by atoms with Crippen LogP contribution in [-0.4, -0.2) is 46.2 Å². The van der Waals surface area contributed by atoms with Gasteiger partial charge in [-0.3, -0.25) is 0 Å². The second kappa shape index (κ2) is 7.57. The summed E-state index contributed by atoms with van der Waals surface area (Å²) in [4.78, 5) is 20.1. The number of hydrogen-bond donors (Lipinski definition) is 1. The van der Waals surface area contributed by atoms with Gasteiger partial charge in [0.15, 0.2) is 0 Å². The van der Waals surface area contributed by atoms with E-state index in [0.29, 0.717) is 19.2 Å². The van der Waals surface area contributed by atoms with E-state index in [2.05, 4.69) is 30.9 Å². The Morgan fingerprint density at radius 3 is 2.82 bits per heavy atom. The molecule has 0 aliphatic carbocycles. The summed E-state index contributed by atoms with van der Waals surface area (Å²) in [6, 6.07) is 12.5. The molecule has 1 N–H and O–H groups in total. The molecule has 3 aromatic heterocycles. The number of morpholine rings is 1. The molecule has 28 heavy (non-hydrogen) atoms. The van der Waals surface area contributed by atoms with E-state index in [1.54, 1.807) is 11.3 Å². The molecule has 0 spiro atoms. The number of benzene rings is 1. The zero-order chi connectivity index (χ0) is 18.8. The molecule has 8 heteroatoms. The molecule has 0 radical (unpaired) electrons. The highest BCUT2D eigenvalue weighted by molar-refractivity contribution is 7.16. The molecule has 0 atom stereocenters. The summed E-state index contributed by atoms with van der Waals surface area (Å²) in [5.74, 6) is 1.65. The molecule has 0 unspecified atom stereocenters. The first kappa shape index (κ1) is 17.2. The summed E-state index contributed by atoms with van der Waals surface area (Å²) in [7, 11) is 0. The number of ether oxygens (including phenoxy) is 2. The number of anilines is 1. The maximum Gasteiger partial charge on any atom is 0.320 e. The molecule has 1 aromatic carbocycles. The van der Waals surface area contributed by atoms with E-state index in [0.717, 1.165) is 46.2 Å². The van der Waals surface area contributed by atoms with E-state index in [9.17, 15) is 0 Å². The van der Waals surface area contributed by atoms with Gasteiger partial charge in [-0.15, -0.1) is 11.3 Å². The van der Waals surface area contributed by atoms with Crippen molar-refractivity contribution >= 4 is 27.4 Å². The minimum absolute atomic E-state index is 0.284. The van der Waals surface area contributed by atoms with Crippen molar-refractivity contribution < 1.29 is 9.47 Å². The normalized spacial score (nSPS) is 14.5. The van der Waals surface area contributed by atoms with Gasteiger partial charge in [0, 0.05) is 13.1 Å². The monoisotopic (exact) mass is 393 g/mol. The number of nitrogens with one attached hydrogen (secondary N) is 1. The quantitative estimate of drug-likeness (QED) is 0.559. The summed E-state index contributed by atoms with van der Waals surface area (Å²) in [5.41, 5.74) is 2.05. The lowest BCUT2D eigenvalue weighted by atomic mass is 10.2. The molecule has 1 aliphatic rings. The third-order valence-electron chi connectivity index (χ3n) is 4.65. The van der Waals surface area contributed by atoms with Crippen LogP contribution in [0.4, 0.5) is 5.82 Å². The van der Waals surface area contributed by atoms with Crippen molar-refractivity contribution in [1.82, 2.24) is 19.9 Å². The molecule has 1 saturated heterocycles. The predicted octanol–water partition coefficient (Wildman–Crippen LogP) is 3.50. The van der Waals surface area contributed by atoms with Gasteiger partial charge in [0.05, 0.1) is 30.5 Å². The average Bonchev–Trinajstić information content (AvgIpc) is 3.42. The van der Waals surface area contributed by atoms with Crippen LogP contribution in [0.1, 0.15) is 5.82 Å². The number of nitrogens with zero attached hydrogens (tertiary/aromatic N) is 4. The summed E-state index contributed by atoms with van der Waals surface area (Å²) < 4.78 is 11.3. The number of aromatic amines is 1. The van der Waals surface area contributed by atoms with E-state index in [1.807, 2.05) is 41.9 Å². The van der Waals surface area contributed by atoms with E-state index < -0.39 is 0 Å². The second-order valence-corrected chi connectivity index (χ2v) is 7.36. The number of thiophene rings is 1. The summed E-state index contributed by atoms with van der Waals surface area (Å²) >= 11 is 1.59. The highest BCUT2D eigenvalue weighted by atomic mass is 32.1.